The predicted octanol–water partition coefficient (Wildman–Crippen LogP) is 3.30. The number of rotatable bonds is 7. The highest BCUT2D eigenvalue weighted by atomic mass is 16.5. The summed E-state index contributed by atoms with van der Waals surface area (Å²) in [5, 5.41) is 7.64. The number of nitrogens with one attached hydrogen (secondary N) is 1. The van der Waals surface area contributed by atoms with Gasteiger partial charge in [0.15, 0.2) is 0 Å². The first-order valence-electron chi connectivity index (χ1n) is 8.43. The molecule has 25 heavy (non-hydrogen) atoms. The van der Waals surface area contributed by atoms with Crippen LogP contribution in [-0.2, 0) is 26.7 Å². The average Bonchev–Trinajstić information content (AvgIpc) is 3.00. The van der Waals surface area contributed by atoms with Crippen LogP contribution in [0.3, 0.4) is 0 Å². The third-order valence-electron chi connectivity index (χ3n) is 4.03. The van der Waals surface area contributed by atoms with Gasteiger partial charge in [0.2, 0.25) is 0 Å². The second-order valence-electron chi connectivity index (χ2n) is 6.29. The van der Waals surface area contributed by atoms with E-state index in [1.807, 2.05) is 42.3 Å². The molecule has 0 aliphatic heterocycles. The maximum absolute atomic E-state index is 5.99. The molecule has 3 rings (SSSR count). The third-order valence-corrected chi connectivity index (χ3v) is 4.03. The van der Waals surface area contributed by atoms with Gasteiger partial charge in [0.25, 0.3) is 0 Å². The zero-order valence-corrected chi connectivity index (χ0v) is 15.0. The van der Waals surface area contributed by atoms with E-state index < -0.39 is 0 Å². The largest absolute Gasteiger partial charge is 0.487 e. The Bertz CT molecular complexity index is 804. The minimum atomic E-state index is 0.487. The highest BCUT2D eigenvalue weighted by Crippen LogP contribution is 2.25. The molecule has 0 atom stereocenters. The second-order valence-corrected chi connectivity index (χ2v) is 6.29. The van der Waals surface area contributed by atoms with Crippen molar-refractivity contribution >= 4 is 0 Å². The van der Waals surface area contributed by atoms with Crippen molar-refractivity contribution in [1.82, 2.24) is 20.1 Å². The molecule has 1 N–H and O–H groups in total. The summed E-state index contributed by atoms with van der Waals surface area (Å²) in [6, 6.07) is 10.2. The molecule has 2 aromatic heterocycles. The maximum Gasteiger partial charge on any atom is 0.130 e. The Morgan fingerprint density at radius 3 is 2.48 bits per heavy atom. The molecule has 0 amide bonds. The van der Waals surface area contributed by atoms with Crippen molar-refractivity contribution in [2.45, 2.75) is 33.5 Å². The van der Waals surface area contributed by atoms with Gasteiger partial charge in [-0.2, -0.15) is 5.10 Å². The summed E-state index contributed by atoms with van der Waals surface area (Å²) in [4.78, 5) is 4.30. The molecule has 0 fully saturated rings. The number of ether oxygens (including phenoxy) is 1. The Balaban J connectivity index is 1.59. The fraction of sp³-hybridized carbons (Fsp3) is 0.300. The Labute approximate surface area is 148 Å². The van der Waals surface area contributed by atoms with Crippen LogP contribution < -0.4 is 10.1 Å². The topological polar surface area (TPSA) is 52.0 Å². The van der Waals surface area contributed by atoms with Crippen LogP contribution in [0, 0.1) is 13.8 Å². The first-order valence-corrected chi connectivity index (χ1v) is 8.43. The van der Waals surface area contributed by atoms with Gasteiger partial charge < -0.3 is 10.1 Å². The fourth-order valence-corrected chi connectivity index (χ4v) is 2.91. The summed E-state index contributed by atoms with van der Waals surface area (Å²) in [5.74, 6) is 0.946. The molecular formula is C20H24N4O. The summed E-state index contributed by atoms with van der Waals surface area (Å²) in [6.07, 6.45) is 5.70. The molecule has 130 valence electrons. The van der Waals surface area contributed by atoms with Crippen LogP contribution in [0.15, 0.2) is 48.9 Å². The summed E-state index contributed by atoms with van der Waals surface area (Å²) in [5.41, 5.74) is 5.67. The van der Waals surface area contributed by atoms with Gasteiger partial charge >= 0.3 is 0 Å². The number of aromatic nitrogens is 3. The van der Waals surface area contributed by atoms with Gasteiger partial charge in [-0.3, -0.25) is 9.67 Å². The molecule has 5 heteroatoms. The molecule has 0 bridgehead atoms. The van der Waals surface area contributed by atoms with Crippen molar-refractivity contribution in [2.24, 2.45) is 7.05 Å². The van der Waals surface area contributed by atoms with Crippen molar-refractivity contribution < 1.29 is 4.74 Å². The first kappa shape index (κ1) is 17.2. The van der Waals surface area contributed by atoms with Crippen molar-refractivity contribution in [3.63, 3.8) is 0 Å². The van der Waals surface area contributed by atoms with Crippen LogP contribution in [0.5, 0.6) is 5.75 Å². The zero-order chi connectivity index (χ0) is 17.6. The molecule has 0 radical (unpaired) electrons. The fourth-order valence-electron chi connectivity index (χ4n) is 2.91. The van der Waals surface area contributed by atoms with Crippen molar-refractivity contribution in [2.75, 3.05) is 0 Å². The number of aryl methyl sites for hydroxylation is 3. The monoisotopic (exact) mass is 336 g/mol. The Morgan fingerprint density at radius 2 is 1.84 bits per heavy atom. The standard InChI is InChI=1S/C20H24N4O/c1-15-8-17(10-21-11-18-12-23-24(3)13-18)9-16(2)20(15)25-14-19-6-4-5-7-22-19/h4-9,12-13,21H,10-11,14H2,1-3H3. The predicted molar refractivity (Wildman–Crippen MR) is 98.2 cm³/mol. The van der Waals surface area contributed by atoms with Crippen LogP contribution in [0.25, 0.3) is 0 Å². The van der Waals surface area contributed by atoms with Crippen LogP contribution in [0.2, 0.25) is 0 Å². The van der Waals surface area contributed by atoms with E-state index in [1.54, 1.807) is 6.20 Å². The summed E-state index contributed by atoms with van der Waals surface area (Å²) < 4.78 is 7.81. The number of hydrogen-bond acceptors (Lipinski definition) is 4. The molecule has 5 nitrogen and oxygen atoms in total. The van der Waals surface area contributed by atoms with Crippen molar-refractivity contribution in [1.29, 1.82) is 0 Å². The number of hydrogen-bond donors (Lipinski definition) is 1. The molecule has 3 aromatic rings. The highest BCUT2D eigenvalue weighted by molar-refractivity contribution is 5.43. The normalized spacial score (nSPS) is 10.8. The average molecular weight is 336 g/mol. The highest BCUT2D eigenvalue weighted by Gasteiger charge is 2.07. The molecule has 0 aliphatic rings. The van der Waals surface area contributed by atoms with Gasteiger partial charge in [-0.1, -0.05) is 18.2 Å². The van der Waals surface area contributed by atoms with Crippen LogP contribution >= 0.6 is 0 Å². The molecule has 0 aliphatic carbocycles. The Morgan fingerprint density at radius 1 is 1.08 bits per heavy atom. The van der Waals surface area contributed by atoms with Gasteiger partial charge in [0.1, 0.15) is 12.4 Å². The van der Waals surface area contributed by atoms with E-state index in [2.05, 4.69) is 41.4 Å². The third kappa shape index (κ3) is 4.67. The Hall–Kier alpha value is -2.66. The molecule has 1 aromatic carbocycles. The van der Waals surface area contributed by atoms with Gasteiger partial charge in [-0.05, 0) is 42.7 Å². The van der Waals surface area contributed by atoms with E-state index in [4.69, 9.17) is 4.74 Å². The lowest BCUT2D eigenvalue weighted by Gasteiger charge is -2.14. The van der Waals surface area contributed by atoms with E-state index in [-0.39, 0.29) is 0 Å². The molecule has 0 unspecified atom stereocenters. The quantitative estimate of drug-likeness (QED) is 0.719. The minimum Gasteiger partial charge on any atom is -0.487 e. The van der Waals surface area contributed by atoms with E-state index >= 15 is 0 Å². The second kappa shape index (κ2) is 7.94. The van der Waals surface area contributed by atoms with Crippen LogP contribution in [0.4, 0.5) is 0 Å². The van der Waals surface area contributed by atoms with Gasteiger partial charge in [-0.25, -0.2) is 0 Å². The van der Waals surface area contributed by atoms with E-state index in [0.29, 0.717) is 6.61 Å². The number of pyridine rings is 1. The van der Waals surface area contributed by atoms with E-state index in [1.165, 1.54) is 11.1 Å². The van der Waals surface area contributed by atoms with Gasteiger partial charge in [0.05, 0.1) is 11.9 Å². The minimum absolute atomic E-state index is 0.487. The van der Waals surface area contributed by atoms with E-state index in [0.717, 1.165) is 35.7 Å². The summed E-state index contributed by atoms with van der Waals surface area (Å²) >= 11 is 0. The van der Waals surface area contributed by atoms with Crippen molar-refractivity contribution in [3.8, 4) is 5.75 Å². The van der Waals surface area contributed by atoms with E-state index in [9.17, 15) is 0 Å². The lowest BCUT2D eigenvalue weighted by Crippen LogP contribution is -2.13. The van der Waals surface area contributed by atoms with Crippen LogP contribution in [0.1, 0.15) is 27.9 Å². The van der Waals surface area contributed by atoms with Gasteiger partial charge in [-0.15, -0.1) is 0 Å². The zero-order valence-electron chi connectivity index (χ0n) is 15.0. The summed E-state index contributed by atoms with van der Waals surface area (Å²) in [6.45, 7) is 6.29. The van der Waals surface area contributed by atoms with Gasteiger partial charge in [0, 0.05) is 38.1 Å². The first-order chi connectivity index (χ1) is 12.1. The SMILES string of the molecule is Cc1cc(CNCc2cnn(C)c2)cc(C)c1OCc1ccccn1. The molecular weight excluding hydrogens is 312 g/mol. The van der Waals surface area contributed by atoms with Crippen molar-refractivity contribution in [3.05, 3.63) is 76.9 Å². The molecule has 2 heterocycles. The Kier molecular flexibility index (Phi) is 5.46. The lowest BCUT2D eigenvalue weighted by atomic mass is 10.1. The van der Waals surface area contributed by atoms with Crippen LogP contribution in [-0.4, -0.2) is 14.8 Å². The number of nitrogens with zero attached hydrogens (tertiary/aromatic N) is 3. The summed E-state index contributed by atoms with van der Waals surface area (Å²) in [7, 11) is 1.93. The maximum atomic E-state index is 5.99. The molecule has 0 saturated heterocycles. The lowest BCUT2D eigenvalue weighted by molar-refractivity contribution is 0.297. The number of benzene rings is 1. The molecule has 0 saturated carbocycles. The smallest absolute Gasteiger partial charge is 0.130 e. The molecule has 0 spiro atoms.